The second kappa shape index (κ2) is 3.10. The highest BCUT2D eigenvalue weighted by atomic mass is 16.1. The lowest BCUT2D eigenvalue weighted by Gasteiger charge is -2.15. The van der Waals surface area contributed by atoms with Gasteiger partial charge in [-0.15, -0.1) is 0 Å². The molecule has 2 aromatic rings. The van der Waals surface area contributed by atoms with Crippen molar-refractivity contribution in [3.05, 3.63) is 65.0 Å². The first kappa shape index (κ1) is 8.97. The molecule has 0 aliphatic heterocycles. The fourth-order valence-corrected chi connectivity index (χ4v) is 1.94. The van der Waals surface area contributed by atoms with Crippen molar-refractivity contribution in [3.8, 4) is 0 Å². The van der Waals surface area contributed by atoms with Crippen LogP contribution in [0.1, 0.15) is 31.8 Å². The van der Waals surface area contributed by atoms with Gasteiger partial charge in [-0.25, -0.2) is 0 Å². The van der Waals surface area contributed by atoms with E-state index in [4.69, 9.17) is 0 Å². The fraction of sp³-hybridized carbons (Fsp3) is 0. The van der Waals surface area contributed by atoms with Gasteiger partial charge in [-0.2, -0.15) is 0 Å². The number of ketones is 2. The van der Waals surface area contributed by atoms with Gasteiger partial charge in [-0.3, -0.25) is 14.6 Å². The van der Waals surface area contributed by atoms with Gasteiger partial charge in [-0.05, 0) is 6.07 Å². The van der Waals surface area contributed by atoms with Crippen molar-refractivity contribution in [3.63, 3.8) is 0 Å². The van der Waals surface area contributed by atoms with Gasteiger partial charge < -0.3 is 0 Å². The SMILES string of the molecule is O=C1c2ccccc2C(=O)c2cnccc21. The molecule has 0 amide bonds. The largest absolute Gasteiger partial charge is 0.289 e. The van der Waals surface area contributed by atoms with E-state index in [2.05, 4.69) is 4.98 Å². The smallest absolute Gasteiger partial charge is 0.196 e. The zero-order chi connectivity index (χ0) is 11.1. The molecule has 3 rings (SSSR count). The van der Waals surface area contributed by atoms with Gasteiger partial charge in [0.25, 0.3) is 0 Å². The zero-order valence-corrected chi connectivity index (χ0v) is 8.31. The average Bonchev–Trinajstić information content (AvgIpc) is 2.36. The number of aromatic nitrogens is 1. The van der Waals surface area contributed by atoms with E-state index < -0.39 is 0 Å². The van der Waals surface area contributed by atoms with Crippen LogP contribution in [-0.2, 0) is 0 Å². The number of hydrogen-bond donors (Lipinski definition) is 0. The second-order valence-corrected chi connectivity index (χ2v) is 3.63. The van der Waals surface area contributed by atoms with Gasteiger partial charge in [-0.1, -0.05) is 24.3 Å². The molecule has 1 heterocycles. The molecule has 1 aromatic carbocycles. The summed E-state index contributed by atoms with van der Waals surface area (Å²) in [7, 11) is 0. The van der Waals surface area contributed by atoms with Gasteiger partial charge in [0.1, 0.15) is 0 Å². The quantitative estimate of drug-likeness (QED) is 0.567. The van der Waals surface area contributed by atoms with Crippen LogP contribution in [0.3, 0.4) is 0 Å². The maximum Gasteiger partial charge on any atom is 0.196 e. The normalized spacial score (nSPS) is 13.2. The Morgan fingerprint density at radius 1 is 0.750 bits per heavy atom. The summed E-state index contributed by atoms with van der Waals surface area (Å²) in [6.07, 6.45) is 2.98. The Morgan fingerprint density at radius 2 is 1.31 bits per heavy atom. The maximum absolute atomic E-state index is 12.1. The van der Waals surface area contributed by atoms with Crippen LogP contribution < -0.4 is 0 Å². The number of hydrogen-bond acceptors (Lipinski definition) is 3. The Kier molecular flexibility index (Phi) is 1.74. The van der Waals surface area contributed by atoms with Crippen LogP contribution >= 0.6 is 0 Å². The van der Waals surface area contributed by atoms with E-state index in [0.717, 1.165) is 0 Å². The summed E-state index contributed by atoms with van der Waals surface area (Å²) < 4.78 is 0. The Labute approximate surface area is 91.8 Å². The molecule has 0 spiro atoms. The van der Waals surface area contributed by atoms with Crippen molar-refractivity contribution in [2.45, 2.75) is 0 Å². The van der Waals surface area contributed by atoms with E-state index in [9.17, 15) is 9.59 Å². The summed E-state index contributed by atoms with van der Waals surface area (Å²) in [5, 5.41) is 0. The topological polar surface area (TPSA) is 47.0 Å². The van der Waals surface area contributed by atoms with Crippen LogP contribution in [-0.4, -0.2) is 16.6 Å². The van der Waals surface area contributed by atoms with E-state index in [-0.39, 0.29) is 11.6 Å². The number of carbonyl (C=O) groups excluding carboxylic acids is 2. The van der Waals surface area contributed by atoms with Gasteiger partial charge >= 0.3 is 0 Å². The highest BCUT2D eigenvalue weighted by Crippen LogP contribution is 2.25. The lowest BCUT2D eigenvalue weighted by molar-refractivity contribution is 0.0978. The number of fused-ring (bicyclic) bond motifs is 2. The molecular weight excluding hydrogens is 202 g/mol. The monoisotopic (exact) mass is 209 g/mol. The summed E-state index contributed by atoms with van der Waals surface area (Å²) in [5.74, 6) is -0.231. The first-order chi connectivity index (χ1) is 7.79. The molecule has 76 valence electrons. The Morgan fingerprint density at radius 3 is 2.00 bits per heavy atom. The summed E-state index contributed by atoms with van der Waals surface area (Å²) in [6, 6.07) is 8.46. The van der Waals surface area contributed by atoms with Crippen molar-refractivity contribution in [1.82, 2.24) is 4.98 Å². The van der Waals surface area contributed by atoms with Crippen LogP contribution in [0.25, 0.3) is 0 Å². The van der Waals surface area contributed by atoms with Crippen LogP contribution in [0.4, 0.5) is 0 Å². The zero-order valence-electron chi connectivity index (χ0n) is 8.31. The van der Waals surface area contributed by atoms with Gasteiger partial charge in [0.05, 0.1) is 5.56 Å². The molecule has 0 saturated carbocycles. The number of nitrogens with zero attached hydrogens (tertiary/aromatic N) is 1. The van der Waals surface area contributed by atoms with Crippen molar-refractivity contribution < 1.29 is 9.59 Å². The van der Waals surface area contributed by atoms with Crippen LogP contribution in [0, 0.1) is 0 Å². The third-order valence-electron chi connectivity index (χ3n) is 2.73. The molecule has 0 radical (unpaired) electrons. The van der Waals surface area contributed by atoms with Crippen molar-refractivity contribution in [2.24, 2.45) is 0 Å². The maximum atomic E-state index is 12.1. The average molecular weight is 209 g/mol. The van der Waals surface area contributed by atoms with E-state index in [1.807, 2.05) is 0 Å². The summed E-state index contributed by atoms with van der Waals surface area (Å²) in [5.41, 5.74) is 1.78. The van der Waals surface area contributed by atoms with E-state index in [1.165, 1.54) is 12.4 Å². The Hall–Kier alpha value is -2.29. The first-order valence-corrected chi connectivity index (χ1v) is 4.91. The molecule has 0 fully saturated rings. The number of rotatable bonds is 0. The molecule has 1 aliphatic rings. The molecule has 0 saturated heterocycles. The van der Waals surface area contributed by atoms with Gasteiger partial charge in [0.15, 0.2) is 11.6 Å². The van der Waals surface area contributed by atoms with E-state index in [1.54, 1.807) is 30.3 Å². The first-order valence-electron chi connectivity index (χ1n) is 4.91. The van der Waals surface area contributed by atoms with Crippen LogP contribution in [0.15, 0.2) is 42.7 Å². The summed E-state index contributed by atoms with van der Waals surface area (Å²) in [4.78, 5) is 28.0. The lowest BCUT2D eigenvalue weighted by Crippen LogP contribution is -2.20. The molecule has 3 nitrogen and oxygen atoms in total. The predicted molar refractivity (Wildman–Crippen MR) is 57.5 cm³/mol. The molecule has 0 unspecified atom stereocenters. The molecule has 0 N–H and O–H groups in total. The third-order valence-corrected chi connectivity index (χ3v) is 2.73. The van der Waals surface area contributed by atoms with Crippen molar-refractivity contribution in [2.75, 3.05) is 0 Å². The number of carbonyl (C=O) groups is 2. The van der Waals surface area contributed by atoms with Crippen molar-refractivity contribution >= 4 is 11.6 Å². The molecule has 3 heteroatoms. The highest BCUT2D eigenvalue weighted by molar-refractivity contribution is 6.28. The minimum absolute atomic E-state index is 0.104. The Bertz CT molecular complexity index is 511. The molecule has 1 aromatic heterocycles. The predicted octanol–water partition coefficient (Wildman–Crippen LogP) is 1.86. The van der Waals surface area contributed by atoms with Gasteiger partial charge in [0.2, 0.25) is 0 Å². The molecule has 1 aliphatic carbocycles. The molecule has 0 atom stereocenters. The molecule has 0 bridgehead atoms. The summed E-state index contributed by atoms with van der Waals surface area (Å²) >= 11 is 0. The summed E-state index contributed by atoms with van der Waals surface area (Å²) in [6.45, 7) is 0. The minimum atomic E-state index is -0.127. The number of benzene rings is 1. The molecule has 16 heavy (non-hydrogen) atoms. The second-order valence-electron chi connectivity index (χ2n) is 3.63. The molecular formula is C13H7NO2. The fourth-order valence-electron chi connectivity index (χ4n) is 1.94. The number of pyridine rings is 1. The van der Waals surface area contributed by atoms with E-state index in [0.29, 0.717) is 22.3 Å². The lowest BCUT2D eigenvalue weighted by atomic mass is 9.85. The standard InChI is InChI=1S/C13H7NO2/c15-12-8-3-1-2-4-9(8)13(16)11-7-14-6-5-10(11)12/h1-7H. The highest BCUT2D eigenvalue weighted by Gasteiger charge is 2.28. The van der Waals surface area contributed by atoms with Gasteiger partial charge in [0, 0.05) is 29.1 Å². The van der Waals surface area contributed by atoms with E-state index >= 15 is 0 Å². The third kappa shape index (κ3) is 1.05. The minimum Gasteiger partial charge on any atom is -0.289 e. The van der Waals surface area contributed by atoms with Crippen LogP contribution in [0.2, 0.25) is 0 Å². The Balaban J connectivity index is 2.35. The van der Waals surface area contributed by atoms with Crippen LogP contribution in [0.5, 0.6) is 0 Å². The van der Waals surface area contributed by atoms with Crippen molar-refractivity contribution in [1.29, 1.82) is 0 Å².